The number of primary amides is 1. The van der Waals surface area contributed by atoms with Crippen molar-refractivity contribution in [3.8, 4) is 0 Å². The molecule has 0 bridgehead atoms. The molecule has 1 aliphatic carbocycles. The monoisotopic (exact) mass is 864 g/mol. The smallest absolute Gasteiger partial charge is 0.410 e. The quantitative estimate of drug-likeness (QED) is 0.0588. The van der Waals surface area contributed by atoms with Crippen molar-refractivity contribution in [3.63, 3.8) is 0 Å². The summed E-state index contributed by atoms with van der Waals surface area (Å²) in [4.78, 5) is 72.1. The molecule has 2 saturated heterocycles. The first kappa shape index (κ1) is 44.7. The normalized spacial score (nSPS) is 17.6. The van der Waals surface area contributed by atoms with Crippen molar-refractivity contribution >= 4 is 52.9 Å². The third-order valence-corrected chi connectivity index (χ3v) is 12.1. The molecule has 4 heterocycles. The van der Waals surface area contributed by atoms with E-state index in [0.29, 0.717) is 74.3 Å². The van der Waals surface area contributed by atoms with Gasteiger partial charge in [0.1, 0.15) is 25.2 Å². The van der Waals surface area contributed by atoms with Crippen LogP contribution in [-0.4, -0.2) is 87.9 Å². The number of piperidine rings is 1. The van der Waals surface area contributed by atoms with Crippen molar-refractivity contribution in [2.45, 2.75) is 104 Å². The molecule has 3 atom stereocenters. The fourth-order valence-electron chi connectivity index (χ4n) is 8.87. The Morgan fingerprint density at radius 1 is 1.02 bits per heavy atom. The van der Waals surface area contributed by atoms with Crippen molar-refractivity contribution in [3.05, 3.63) is 99.3 Å². The molecule has 16 heteroatoms. The van der Waals surface area contributed by atoms with Gasteiger partial charge in [-0.2, -0.15) is 0 Å². The molecule has 7 rings (SSSR count). The molecule has 0 radical (unpaired) electrons. The molecule has 15 nitrogen and oxygen atoms in total. The third kappa shape index (κ3) is 11.4. The summed E-state index contributed by atoms with van der Waals surface area (Å²) in [6.07, 6.45) is 7.72. The molecule has 63 heavy (non-hydrogen) atoms. The van der Waals surface area contributed by atoms with Gasteiger partial charge in [-0.25, -0.2) is 18.6 Å². The Balaban J connectivity index is 0.937. The number of hydrogen-bond donors (Lipinski definition) is 4. The molecule has 2 aromatic carbocycles. The molecule has 4 aromatic rings. The molecule has 2 aliphatic heterocycles. The Morgan fingerprint density at radius 3 is 2.51 bits per heavy atom. The van der Waals surface area contributed by atoms with Crippen molar-refractivity contribution in [2.24, 2.45) is 17.6 Å². The predicted molar refractivity (Wildman–Crippen MR) is 239 cm³/mol. The molecule has 1 saturated carbocycles. The number of likely N-dealkylation sites (tertiary alicyclic amines) is 1. The van der Waals surface area contributed by atoms with Crippen LogP contribution in [0.2, 0.25) is 0 Å². The number of urea groups is 1. The molecule has 3 fully saturated rings. The average molecular weight is 865 g/mol. The molecular formula is C47H59FN9O6+. The van der Waals surface area contributed by atoms with E-state index < -0.39 is 24.0 Å². The highest BCUT2D eigenvalue weighted by atomic mass is 19.1. The van der Waals surface area contributed by atoms with Gasteiger partial charge in [-0.3, -0.25) is 19.4 Å². The first-order valence-corrected chi connectivity index (χ1v) is 22.0. The second-order valence-corrected chi connectivity index (χ2v) is 17.7. The largest absolute Gasteiger partial charge is 0.445 e. The maximum Gasteiger partial charge on any atom is 0.410 e. The van der Waals surface area contributed by atoms with Crippen molar-refractivity contribution in [1.29, 1.82) is 0 Å². The van der Waals surface area contributed by atoms with E-state index in [1.165, 1.54) is 6.07 Å². The molecule has 334 valence electrons. The van der Waals surface area contributed by atoms with E-state index in [9.17, 15) is 24.0 Å². The second-order valence-electron chi connectivity index (χ2n) is 17.7. The number of hydrogen-bond acceptors (Lipinski definition) is 8. The molecule has 2 aromatic heterocycles. The second kappa shape index (κ2) is 19.8. The number of halogens is 1. The van der Waals surface area contributed by atoms with Gasteiger partial charge in [-0.05, 0) is 99.2 Å². The number of pyridine rings is 2. The van der Waals surface area contributed by atoms with E-state index in [2.05, 4.69) is 37.1 Å². The zero-order chi connectivity index (χ0) is 44.8. The van der Waals surface area contributed by atoms with Crippen molar-refractivity contribution in [2.75, 3.05) is 36.4 Å². The van der Waals surface area contributed by atoms with Gasteiger partial charge in [-0.1, -0.05) is 26.0 Å². The zero-order valence-electron chi connectivity index (χ0n) is 36.4. The van der Waals surface area contributed by atoms with Crippen LogP contribution in [0, 0.1) is 24.6 Å². The van der Waals surface area contributed by atoms with Crippen LogP contribution in [0.1, 0.15) is 87.2 Å². The Bertz CT molecular complexity index is 2420. The number of carbonyl (C=O) groups excluding carboxylic acids is 4. The van der Waals surface area contributed by atoms with Gasteiger partial charge in [0.05, 0.1) is 16.8 Å². The lowest BCUT2D eigenvalue weighted by Crippen LogP contribution is -2.48. The van der Waals surface area contributed by atoms with Crippen LogP contribution in [0.25, 0.3) is 10.9 Å². The van der Waals surface area contributed by atoms with Gasteiger partial charge in [0.2, 0.25) is 11.8 Å². The lowest BCUT2D eigenvalue weighted by Gasteiger charge is -2.39. The van der Waals surface area contributed by atoms with Gasteiger partial charge >= 0.3 is 12.1 Å². The number of anilines is 2. The van der Waals surface area contributed by atoms with Crippen molar-refractivity contribution in [1.82, 2.24) is 25.1 Å². The number of nitrogens with zero attached hydrogens (tertiary/aromatic N) is 5. The minimum absolute atomic E-state index is 0.0377. The van der Waals surface area contributed by atoms with Crippen LogP contribution < -0.4 is 32.0 Å². The Kier molecular flexibility index (Phi) is 14.1. The summed E-state index contributed by atoms with van der Waals surface area (Å²) in [7, 11) is 0. The van der Waals surface area contributed by atoms with Crippen LogP contribution in [0.3, 0.4) is 0 Å². The maximum absolute atomic E-state index is 16.1. The first-order chi connectivity index (χ1) is 30.2. The third-order valence-electron chi connectivity index (χ3n) is 12.1. The van der Waals surface area contributed by atoms with Crippen LogP contribution in [-0.2, 0) is 34.0 Å². The number of rotatable bonds is 17. The zero-order valence-corrected chi connectivity index (χ0v) is 36.4. The summed E-state index contributed by atoms with van der Waals surface area (Å²) >= 11 is 0. The minimum Gasteiger partial charge on any atom is -0.445 e. The Hall–Kier alpha value is -6.32. The highest BCUT2D eigenvalue weighted by molar-refractivity contribution is 5.97. The summed E-state index contributed by atoms with van der Waals surface area (Å²) in [6.45, 7) is 12.8. The van der Waals surface area contributed by atoms with Crippen LogP contribution in [0.4, 0.5) is 25.4 Å². The topological polar surface area (TPSA) is 184 Å². The molecule has 2 unspecified atom stereocenters. The highest BCUT2D eigenvalue weighted by Gasteiger charge is 2.42. The lowest BCUT2D eigenvalue weighted by atomic mass is 9.92. The van der Waals surface area contributed by atoms with Crippen LogP contribution in [0.5, 0.6) is 0 Å². The number of carbonyl (C=O) groups is 4. The summed E-state index contributed by atoms with van der Waals surface area (Å²) in [5, 5.41) is 8.51. The van der Waals surface area contributed by atoms with E-state index >= 15 is 4.39 Å². The van der Waals surface area contributed by atoms with Gasteiger partial charge in [0, 0.05) is 79.4 Å². The average Bonchev–Trinajstić information content (AvgIpc) is 4.00. The predicted octanol–water partition coefficient (Wildman–Crippen LogP) is 5.75. The van der Waals surface area contributed by atoms with E-state index in [1.807, 2.05) is 49.7 Å². The van der Waals surface area contributed by atoms with Crippen molar-refractivity contribution < 1.29 is 32.9 Å². The lowest BCUT2D eigenvalue weighted by molar-refractivity contribution is -0.551. The Labute approximate surface area is 366 Å². The van der Waals surface area contributed by atoms with Gasteiger partial charge in [-0.15, -0.1) is 0 Å². The number of fused-ring (bicyclic) bond motifs is 2. The number of aromatic nitrogens is 2. The number of amides is 5. The SMILES string of the molecule is C=[N+](Cc1ccnc(C)c1)Cc1cn(C2CC2)c2cc(N3CCC4C(CCN4C(=O)OCc4ccc(NC(=O)[C@H](CCCNC(N)=O)NC(=O)CC(C)C)cc4)C3)c(F)cc2c1=O. The van der Waals surface area contributed by atoms with Gasteiger partial charge < -0.3 is 40.8 Å². The summed E-state index contributed by atoms with van der Waals surface area (Å²) < 4.78 is 25.8. The molecular weight excluding hydrogens is 806 g/mol. The van der Waals surface area contributed by atoms with E-state index in [-0.39, 0.29) is 60.7 Å². The number of benzene rings is 2. The van der Waals surface area contributed by atoms with Crippen LogP contribution in [0.15, 0.2) is 65.7 Å². The first-order valence-electron chi connectivity index (χ1n) is 22.0. The number of ether oxygens (including phenoxy) is 1. The summed E-state index contributed by atoms with van der Waals surface area (Å²) in [5.74, 6) is -0.807. The fraction of sp³-hybridized carbons (Fsp3) is 0.468. The number of nitrogens with one attached hydrogen (secondary N) is 3. The highest BCUT2D eigenvalue weighted by Crippen LogP contribution is 2.40. The van der Waals surface area contributed by atoms with Gasteiger partial charge in [0.15, 0.2) is 18.5 Å². The molecule has 3 aliphatic rings. The van der Waals surface area contributed by atoms with Crippen LogP contribution >= 0.6 is 0 Å². The van der Waals surface area contributed by atoms with E-state index in [0.717, 1.165) is 41.6 Å². The summed E-state index contributed by atoms with van der Waals surface area (Å²) in [5.41, 5.74) is 9.96. The molecule has 5 N–H and O–H groups in total. The Morgan fingerprint density at radius 2 is 1.79 bits per heavy atom. The number of aryl methyl sites for hydroxylation is 1. The van der Waals surface area contributed by atoms with E-state index in [4.69, 9.17) is 10.5 Å². The minimum atomic E-state index is -0.807. The molecule has 0 spiro atoms. The van der Waals surface area contributed by atoms with Gasteiger partial charge in [0.25, 0.3) is 0 Å². The standard InChI is InChI=1S/C47H58FN9O6/c1-29(2)20-43(58)53-39(6-5-16-51-46(49)61)45(60)52-35-9-7-31(8-10-35)28-63-47(62)56-19-14-33-26-55(18-15-40(33)56)42-23-41-37(22-38(42)48)44(59)34(27-57(41)36-11-12-36)25-54(4)24-32-13-17-50-30(3)21-32/h7-10,13,17,21-23,27,29,33,36,39-40H,4-6,11-12,14-16,18-20,24-26,28H2,1-3H3,(H4-,49,51,52,53,58,60,61)/p+1/t33?,39-,40?/m0/s1. The summed E-state index contributed by atoms with van der Waals surface area (Å²) in [6, 6.07) is 12.9. The van der Waals surface area contributed by atoms with E-state index in [1.54, 1.807) is 35.4 Å². The number of nitrogens with two attached hydrogens (primary N) is 1. The fourth-order valence-corrected chi connectivity index (χ4v) is 8.87. The maximum atomic E-state index is 16.1. The molecule has 5 amide bonds.